The Morgan fingerprint density at radius 1 is 1.21 bits per heavy atom. The van der Waals surface area contributed by atoms with E-state index in [4.69, 9.17) is 14.2 Å². The standard InChI is InChI=1S/C19H16N2O7/c1-12(19(23)20-14-6-7-16-17(10-14)27-11-26-16)28-18(22)8-5-13-3-2-4-15(9-13)21(24)25/h2-10,12H,11H2,1H3,(H,20,23)/b8-5+/t12-/m0/s1. The number of hydrogen-bond donors (Lipinski definition) is 1. The molecule has 0 radical (unpaired) electrons. The van der Waals surface area contributed by atoms with Crippen LogP contribution >= 0.6 is 0 Å². The number of fused-ring (bicyclic) bond motifs is 1. The fourth-order valence-electron chi connectivity index (χ4n) is 2.39. The van der Waals surface area contributed by atoms with Crippen LogP contribution in [0.3, 0.4) is 0 Å². The third-order valence-corrected chi connectivity index (χ3v) is 3.80. The summed E-state index contributed by atoms with van der Waals surface area (Å²) in [5.41, 5.74) is 0.847. The highest BCUT2D eigenvalue weighted by atomic mass is 16.7. The summed E-state index contributed by atoms with van der Waals surface area (Å²) < 4.78 is 15.5. The monoisotopic (exact) mass is 384 g/mol. The Balaban J connectivity index is 1.55. The van der Waals surface area contributed by atoms with E-state index in [-0.39, 0.29) is 12.5 Å². The van der Waals surface area contributed by atoms with Crippen molar-refractivity contribution in [1.82, 2.24) is 0 Å². The molecule has 0 fully saturated rings. The molecule has 0 saturated heterocycles. The quantitative estimate of drug-likeness (QED) is 0.352. The van der Waals surface area contributed by atoms with E-state index in [1.54, 1.807) is 24.3 Å². The molecular formula is C19H16N2O7. The molecule has 0 bridgehead atoms. The number of carbonyl (C=O) groups excluding carboxylic acids is 2. The van der Waals surface area contributed by atoms with E-state index in [0.717, 1.165) is 6.08 Å². The minimum Gasteiger partial charge on any atom is -0.454 e. The third-order valence-electron chi connectivity index (χ3n) is 3.80. The highest BCUT2D eigenvalue weighted by Crippen LogP contribution is 2.34. The summed E-state index contributed by atoms with van der Waals surface area (Å²) in [6.07, 6.45) is 1.42. The van der Waals surface area contributed by atoms with Crippen LogP contribution in [-0.4, -0.2) is 29.7 Å². The van der Waals surface area contributed by atoms with Crippen LogP contribution in [0.5, 0.6) is 11.5 Å². The summed E-state index contributed by atoms with van der Waals surface area (Å²) >= 11 is 0. The second-order valence-electron chi connectivity index (χ2n) is 5.82. The molecule has 1 heterocycles. The molecule has 0 unspecified atom stereocenters. The summed E-state index contributed by atoms with van der Waals surface area (Å²) in [4.78, 5) is 34.3. The topological polar surface area (TPSA) is 117 Å². The van der Waals surface area contributed by atoms with Gasteiger partial charge in [0.25, 0.3) is 11.6 Å². The van der Waals surface area contributed by atoms with Gasteiger partial charge in [0.1, 0.15) is 0 Å². The van der Waals surface area contributed by atoms with Crippen molar-refractivity contribution >= 4 is 29.3 Å². The second-order valence-corrected chi connectivity index (χ2v) is 5.82. The highest BCUT2D eigenvalue weighted by molar-refractivity contribution is 5.96. The Morgan fingerprint density at radius 3 is 2.79 bits per heavy atom. The van der Waals surface area contributed by atoms with Crippen molar-refractivity contribution in [2.24, 2.45) is 0 Å². The van der Waals surface area contributed by atoms with Gasteiger partial charge in [0.05, 0.1) is 4.92 Å². The summed E-state index contributed by atoms with van der Waals surface area (Å²) in [5.74, 6) is -0.165. The Bertz CT molecular complexity index is 955. The maximum Gasteiger partial charge on any atom is 0.331 e. The number of nitro benzene ring substituents is 1. The lowest BCUT2D eigenvalue weighted by Crippen LogP contribution is -2.29. The van der Waals surface area contributed by atoms with Crippen LogP contribution < -0.4 is 14.8 Å². The number of benzene rings is 2. The van der Waals surface area contributed by atoms with E-state index < -0.39 is 22.9 Å². The van der Waals surface area contributed by atoms with Gasteiger partial charge in [0, 0.05) is 30.0 Å². The number of ether oxygens (including phenoxy) is 3. The molecule has 0 aliphatic carbocycles. The predicted octanol–water partition coefficient (Wildman–Crippen LogP) is 2.91. The van der Waals surface area contributed by atoms with Crippen molar-refractivity contribution in [2.45, 2.75) is 13.0 Å². The summed E-state index contributed by atoms with van der Waals surface area (Å²) in [6, 6.07) is 10.7. The maximum atomic E-state index is 12.2. The highest BCUT2D eigenvalue weighted by Gasteiger charge is 2.19. The number of nitro groups is 1. The van der Waals surface area contributed by atoms with Crippen LogP contribution in [0.2, 0.25) is 0 Å². The lowest BCUT2D eigenvalue weighted by molar-refractivity contribution is -0.384. The van der Waals surface area contributed by atoms with Gasteiger partial charge in [-0.1, -0.05) is 12.1 Å². The first-order valence-electron chi connectivity index (χ1n) is 8.26. The normalized spacial score (nSPS) is 13.2. The zero-order valence-corrected chi connectivity index (χ0v) is 14.8. The number of nitrogens with zero attached hydrogens (tertiary/aromatic N) is 1. The van der Waals surface area contributed by atoms with E-state index in [1.165, 1.54) is 31.2 Å². The zero-order chi connectivity index (χ0) is 20.1. The van der Waals surface area contributed by atoms with Gasteiger partial charge in [-0.2, -0.15) is 0 Å². The first-order chi connectivity index (χ1) is 13.4. The molecule has 1 aliphatic rings. The van der Waals surface area contributed by atoms with Crippen molar-refractivity contribution in [3.63, 3.8) is 0 Å². The molecule has 1 atom stereocenters. The fraction of sp³-hybridized carbons (Fsp3) is 0.158. The number of amides is 1. The van der Waals surface area contributed by atoms with Gasteiger partial charge in [-0.3, -0.25) is 14.9 Å². The van der Waals surface area contributed by atoms with Crippen LogP contribution in [-0.2, 0) is 14.3 Å². The zero-order valence-electron chi connectivity index (χ0n) is 14.8. The van der Waals surface area contributed by atoms with Gasteiger partial charge in [-0.15, -0.1) is 0 Å². The molecule has 0 saturated carbocycles. The van der Waals surface area contributed by atoms with Crippen molar-refractivity contribution in [1.29, 1.82) is 0 Å². The Labute approximate surface area is 159 Å². The van der Waals surface area contributed by atoms with Gasteiger partial charge in [-0.05, 0) is 30.7 Å². The van der Waals surface area contributed by atoms with Gasteiger partial charge >= 0.3 is 5.97 Å². The lowest BCUT2D eigenvalue weighted by atomic mass is 10.2. The third kappa shape index (κ3) is 4.64. The first-order valence-corrected chi connectivity index (χ1v) is 8.26. The summed E-state index contributed by atoms with van der Waals surface area (Å²) in [5, 5.41) is 13.4. The van der Waals surface area contributed by atoms with E-state index in [2.05, 4.69) is 5.32 Å². The van der Waals surface area contributed by atoms with Crippen molar-refractivity contribution in [2.75, 3.05) is 12.1 Å². The maximum absolute atomic E-state index is 12.2. The average molecular weight is 384 g/mol. The van der Waals surface area contributed by atoms with E-state index in [9.17, 15) is 19.7 Å². The Hall–Kier alpha value is -3.88. The average Bonchev–Trinajstić information content (AvgIpc) is 3.14. The molecule has 9 nitrogen and oxygen atoms in total. The molecule has 3 rings (SSSR count). The molecule has 1 amide bonds. The molecular weight excluding hydrogens is 368 g/mol. The van der Waals surface area contributed by atoms with Gasteiger partial charge in [0.15, 0.2) is 17.6 Å². The lowest BCUT2D eigenvalue weighted by Gasteiger charge is -2.12. The smallest absolute Gasteiger partial charge is 0.331 e. The number of rotatable bonds is 6. The number of hydrogen-bond acceptors (Lipinski definition) is 7. The minimum absolute atomic E-state index is 0.0908. The summed E-state index contributed by atoms with van der Waals surface area (Å²) in [7, 11) is 0. The summed E-state index contributed by atoms with van der Waals surface area (Å²) in [6.45, 7) is 1.55. The van der Waals surface area contributed by atoms with Crippen LogP contribution in [0.15, 0.2) is 48.5 Å². The van der Waals surface area contributed by atoms with Crippen molar-refractivity contribution < 1.29 is 28.7 Å². The number of anilines is 1. The molecule has 2 aromatic carbocycles. The Kier molecular flexibility index (Phi) is 5.54. The molecule has 144 valence electrons. The van der Waals surface area contributed by atoms with E-state index in [0.29, 0.717) is 22.7 Å². The molecule has 0 aromatic heterocycles. The molecule has 28 heavy (non-hydrogen) atoms. The van der Waals surface area contributed by atoms with E-state index in [1.807, 2.05) is 0 Å². The number of non-ortho nitro benzene ring substituents is 1. The van der Waals surface area contributed by atoms with E-state index >= 15 is 0 Å². The molecule has 1 aliphatic heterocycles. The minimum atomic E-state index is -1.05. The predicted molar refractivity (Wildman–Crippen MR) is 98.9 cm³/mol. The van der Waals surface area contributed by atoms with Gasteiger partial charge in [-0.25, -0.2) is 4.79 Å². The van der Waals surface area contributed by atoms with Gasteiger partial charge in [0.2, 0.25) is 6.79 Å². The second kappa shape index (κ2) is 8.21. The van der Waals surface area contributed by atoms with Crippen molar-refractivity contribution in [3.8, 4) is 11.5 Å². The number of carbonyl (C=O) groups is 2. The fourth-order valence-corrected chi connectivity index (χ4v) is 2.39. The van der Waals surface area contributed by atoms with Crippen LogP contribution in [0.25, 0.3) is 6.08 Å². The van der Waals surface area contributed by atoms with Crippen LogP contribution in [0.4, 0.5) is 11.4 Å². The number of esters is 1. The molecule has 1 N–H and O–H groups in total. The van der Waals surface area contributed by atoms with Gasteiger partial charge < -0.3 is 19.5 Å². The van der Waals surface area contributed by atoms with Crippen molar-refractivity contribution in [3.05, 3.63) is 64.2 Å². The number of nitrogens with one attached hydrogen (secondary N) is 1. The van der Waals surface area contributed by atoms with Crippen LogP contribution in [0.1, 0.15) is 12.5 Å². The molecule has 0 spiro atoms. The Morgan fingerprint density at radius 2 is 2.00 bits per heavy atom. The van der Waals surface area contributed by atoms with Crippen LogP contribution in [0, 0.1) is 10.1 Å². The molecule has 9 heteroatoms. The SMILES string of the molecule is C[C@H](OC(=O)/C=C/c1cccc([N+](=O)[O-])c1)C(=O)Nc1ccc2c(c1)OCO2. The molecule has 2 aromatic rings. The largest absolute Gasteiger partial charge is 0.454 e. The first kappa shape index (κ1) is 18.9.